The summed E-state index contributed by atoms with van der Waals surface area (Å²) >= 11 is 5.90. The Morgan fingerprint density at radius 3 is 2.71 bits per heavy atom. The van der Waals surface area contributed by atoms with E-state index in [1.54, 1.807) is 35.2 Å². The number of rotatable bonds is 2. The number of amides is 1. The smallest absolute Gasteiger partial charge is 0.407 e. The first-order valence-electron chi connectivity index (χ1n) is 9.85. The first-order valence-corrected chi connectivity index (χ1v) is 10.2. The summed E-state index contributed by atoms with van der Waals surface area (Å²) in [5.74, 6) is 0. The maximum Gasteiger partial charge on any atom is 0.407 e. The molecule has 0 saturated carbocycles. The molecule has 0 saturated heterocycles. The summed E-state index contributed by atoms with van der Waals surface area (Å²) in [6.45, 7) is 0.858. The predicted octanol–water partition coefficient (Wildman–Crippen LogP) is 4.08. The van der Waals surface area contributed by atoms with Crippen molar-refractivity contribution in [3.63, 3.8) is 0 Å². The minimum Gasteiger partial charge on any atom is -0.465 e. The number of hydrogen-bond donors (Lipinski definition) is 1. The third-order valence-electron chi connectivity index (χ3n) is 5.88. The maximum atomic E-state index is 12.8. The van der Waals surface area contributed by atoms with Crippen LogP contribution in [0.25, 0.3) is 27.8 Å². The zero-order valence-electron chi connectivity index (χ0n) is 16.7. The van der Waals surface area contributed by atoms with Crippen LogP contribution in [0.4, 0.5) is 4.79 Å². The van der Waals surface area contributed by atoms with E-state index in [0.717, 1.165) is 27.8 Å². The molecule has 0 unspecified atom stereocenters. The van der Waals surface area contributed by atoms with Gasteiger partial charge in [0.05, 0.1) is 28.5 Å². The van der Waals surface area contributed by atoms with Gasteiger partial charge in [-0.05, 0) is 42.3 Å². The molecular weight excluding hydrogens is 416 g/mol. The zero-order chi connectivity index (χ0) is 21.7. The summed E-state index contributed by atoms with van der Waals surface area (Å²) in [5, 5.41) is 11.0. The fourth-order valence-corrected chi connectivity index (χ4v) is 4.37. The quantitative estimate of drug-likeness (QED) is 0.515. The second-order valence-corrected chi connectivity index (χ2v) is 8.06. The number of carbonyl (C=O) groups is 1. The van der Waals surface area contributed by atoms with Crippen LogP contribution in [-0.2, 0) is 20.0 Å². The second-order valence-electron chi connectivity index (χ2n) is 7.63. The third kappa shape index (κ3) is 3.27. The topological polar surface area (TPSA) is 80.4 Å². The molecule has 3 aromatic heterocycles. The Hall–Kier alpha value is -3.58. The minimum atomic E-state index is -0.904. The van der Waals surface area contributed by atoms with Crippen molar-refractivity contribution in [2.75, 3.05) is 6.54 Å². The highest BCUT2D eigenvalue weighted by Gasteiger charge is 2.25. The van der Waals surface area contributed by atoms with Crippen LogP contribution in [0, 0.1) is 0 Å². The largest absolute Gasteiger partial charge is 0.465 e. The summed E-state index contributed by atoms with van der Waals surface area (Å²) in [4.78, 5) is 29.9. The van der Waals surface area contributed by atoms with Gasteiger partial charge in [-0.3, -0.25) is 14.3 Å². The van der Waals surface area contributed by atoms with Crippen LogP contribution in [0.15, 0.2) is 59.7 Å². The number of pyridine rings is 2. The van der Waals surface area contributed by atoms with E-state index in [4.69, 9.17) is 11.6 Å². The molecule has 1 aromatic carbocycles. The Balaban J connectivity index is 1.55. The fourth-order valence-electron chi connectivity index (χ4n) is 4.25. The van der Waals surface area contributed by atoms with Gasteiger partial charge in [-0.25, -0.2) is 4.79 Å². The first kappa shape index (κ1) is 19.4. The molecule has 0 radical (unpaired) electrons. The molecular formula is C23H19ClN4O3. The standard InChI is InChI=1S/C23H19ClN4O3/c1-26-20-11-16(3-4-17(20)18-7-8-27(23(30)31)13-21(18)26)28-9-6-14(10-22(28)29)19-5-2-15(24)12-25-19/h2-6,9-12H,7-8,13H2,1H3,(H,30,31). The minimum absolute atomic E-state index is 0.162. The molecule has 0 bridgehead atoms. The SMILES string of the molecule is Cn1c2c(c3ccc(-n4ccc(-c5ccc(Cl)cn5)cc4=O)cc31)CCN(C(=O)O)C2. The van der Waals surface area contributed by atoms with Gasteiger partial charge in [0.15, 0.2) is 0 Å². The van der Waals surface area contributed by atoms with Crippen molar-refractivity contribution in [2.45, 2.75) is 13.0 Å². The lowest BCUT2D eigenvalue weighted by Gasteiger charge is -2.25. The Bertz CT molecular complexity index is 1390. The highest BCUT2D eigenvalue weighted by molar-refractivity contribution is 6.30. The van der Waals surface area contributed by atoms with Crippen LogP contribution in [0.3, 0.4) is 0 Å². The Morgan fingerprint density at radius 1 is 1.16 bits per heavy atom. The van der Waals surface area contributed by atoms with Crippen molar-refractivity contribution in [3.05, 3.63) is 81.5 Å². The number of hydrogen-bond acceptors (Lipinski definition) is 3. The Kier molecular flexibility index (Phi) is 4.55. The van der Waals surface area contributed by atoms with Gasteiger partial charge < -0.3 is 14.6 Å². The first-order chi connectivity index (χ1) is 14.9. The third-order valence-corrected chi connectivity index (χ3v) is 6.11. The lowest BCUT2D eigenvalue weighted by molar-refractivity contribution is 0.139. The summed E-state index contributed by atoms with van der Waals surface area (Å²) in [6.07, 6.45) is 3.07. The van der Waals surface area contributed by atoms with Gasteiger partial charge in [0.1, 0.15) is 0 Å². The average molecular weight is 435 g/mol. The lowest BCUT2D eigenvalue weighted by Crippen LogP contribution is -2.35. The van der Waals surface area contributed by atoms with Crippen LogP contribution in [0.1, 0.15) is 11.3 Å². The van der Waals surface area contributed by atoms with Gasteiger partial charge in [0.2, 0.25) is 0 Å². The molecule has 4 heterocycles. The van der Waals surface area contributed by atoms with Crippen molar-refractivity contribution in [1.82, 2.24) is 19.0 Å². The molecule has 156 valence electrons. The summed E-state index contributed by atoms with van der Waals surface area (Å²) in [5.41, 5.74) is 5.15. The molecule has 7 nitrogen and oxygen atoms in total. The number of fused-ring (bicyclic) bond motifs is 3. The highest BCUT2D eigenvalue weighted by Crippen LogP contribution is 2.31. The molecule has 1 N–H and O–H groups in total. The van der Waals surface area contributed by atoms with Crippen molar-refractivity contribution in [2.24, 2.45) is 7.05 Å². The van der Waals surface area contributed by atoms with Crippen LogP contribution in [0.2, 0.25) is 5.02 Å². The Morgan fingerprint density at radius 2 is 2.00 bits per heavy atom. The molecule has 4 aromatic rings. The number of aryl methyl sites for hydroxylation is 1. The van der Waals surface area contributed by atoms with Crippen molar-refractivity contribution in [1.29, 1.82) is 0 Å². The molecule has 0 spiro atoms. The molecule has 0 fully saturated rings. The van der Waals surface area contributed by atoms with Crippen molar-refractivity contribution in [3.8, 4) is 16.9 Å². The molecule has 1 aliphatic rings. The van der Waals surface area contributed by atoms with E-state index in [2.05, 4.69) is 4.98 Å². The van der Waals surface area contributed by atoms with E-state index in [1.165, 1.54) is 10.5 Å². The summed E-state index contributed by atoms with van der Waals surface area (Å²) < 4.78 is 3.62. The molecule has 5 rings (SSSR count). The van der Waals surface area contributed by atoms with Gasteiger partial charge in [0, 0.05) is 48.7 Å². The van der Waals surface area contributed by atoms with Crippen LogP contribution in [-0.4, -0.2) is 36.8 Å². The van der Waals surface area contributed by atoms with Crippen molar-refractivity contribution >= 4 is 28.6 Å². The molecule has 31 heavy (non-hydrogen) atoms. The van der Waals surface area contributed by atoms with Crippen LogP contribution >= 0.6 is 11.6 Å². The average Bonchev–Trinajstić information content (AvgIpc) is 3.05. The maximum absolute atomic E-state index is 12.8. The molecule has 0 atom stereocenters. The zero-order valence-corrected chi connectivity index (χ0v) is 17.5. The lowest BCUT2D eigenvalue weighted by atomic mass is 10.0. The molecule has 0 aliphatic carbocycles. The number of aromatic nitrogens is 3. The number of halogens is 1. The summed E-state index contributed by atoms with van der Waals surface area (Å²) in [7, 11) is 1.94. The van der Waals surface area contributed by atoms with E-state index in [-0.39, 0.29) is 5.56 Å². The highest BCUT2D eigenvalue weighted by atomic mass is 35.5. The van der Waals surface area contributed by atoms with Gasteiger partial charge in [-0.1, -0.05) is 17.7 Å². The van der Waals surface area contributed by atoms with Crippen LogP contribution < -0.4 is 5.56 Å². The number of nitrogens with zero attached hydrogens (tertiary/aromatic N) is 4. The predicted molar refractivity (Wildman–Crippen MR) is 119 cm³/mol. The molecule has 8 heteroatoms. The van der Waals surface area contributed by atoms with Gasteiger partial charge in [-0.15, -0.1) is 0 Å². The van der Waals surface area contributed by atoms with Gasteiger partial charge >= 0.3 is 6.09 Å². The van der Waals surface area contributed by atoms with Gasteiger partial charge in [-0.2, -0.15) is 0 Å². The summed E-state index contributed by atoms with van der Waals surface area (Å²) in [6, 6.07) is 12.8. The molecule has 1 aliphatic heterocycles. The fraction of sp³-hybridized carbons (Fsp3) is 0.174. The normalized spacial score (nSPS) is 13.4. The van der Waals surface area contributed by atoms with Crippen LogP contribution in [0.5, 0.6) is 0 Å². The van der Waals surface area contributed by atoms with Crippen molar-refractivity contribution < 1.29 is 9.90 Å². The van der Waals surface area contributed by atoms with E-state index in [0.29, 0.717) is 30.2 Å². The van der Waals surface area contributed by atoms with E-state index >= 15 is 0 Å². The van der Waals surface area contributed by atoms with E-state index in [9.17, 15) is 14.7 Å². The number of benzene rings is 1. The van der Waals surface area contributed by atoms with E-state index in [1.807, 2.05) is 35.9 Å². The molecule has 1 amide bonds. The second kappa shape index (κ2) is 7.28. The Labute approximate surface area is 182 Å². The monoisotopic (exact) mass is 434 g/mol. The van der Waals surface area contributed by atoms with Gasteiger partial charge in [0.25, 0.3) is 5.56 Å². The van der Waals surface area contributed by atoms with E-state index < -0.39 is 6.09 Å². The number of carboxylic acid groups (broad SMARTS) is 1.